The number of carboxylic acids is 1. The largest absolute Gasteiger partial charge is 0.485 e. The van der Waals surface area contributed by atoms with Gasteiger partial charge in [0.1, 0.15) is 11.9 Å². The van der Waals surface area contributed by atoms with E-state index in [2.05, 4.69) is 13.8 Å². The number of halogens is 3. The lowest BCUT2D eigenvalue weighted by Gasteiger charge is -2.23. The molecule has 0 fully saturated rings. The van der Waals surface area contributed by atoms with Crippen LogP contribution >= 0.6 is 11.3 Å². The van der Waals surface area contributed by atoms with Crippen LogP contribution in [0, 0.1) is 19.8 Å². The Hall–Kier alpha value is -2.80. The van der Waals surface area contributed by atoms with Gasteiger partial charge < -0.3 is 9.84 Å². The van der Waals surface area contributed by atoms with Crippen LogP contribution in [-0.4, -0.2) is 11.1 Å². The highest BCUT2D eigenvalue weighted by Gasteiger charge is 2.30. The molecule has 0 bridgehead atoms. The summed E-state index contributed by atoms with van der Waals surface area (Å²) in [6.07, 6.45) is -4.03. The molecule has 3 aromatic rings. The summed E-state index contributed by atoms with van der Waals surface area (Å²) in [6, 6.07) is 12.9. The number of benzene rings is 2. The normalized spacial score (nSPS) is 12.7. The van der Waals surface area contributed by atoms with E-state index in [1.807, 2.05) is 38.1 Å². The molecule has 0 amide bonds. The summed E-state index contributed by atoms with van der Waals surface area (Å²) in [7, 11) is 0. The molecule has 0 aliphatic rings. The fourth-order valence-corrected chi connectivity index (χ4v) is 5.03. The monoisotopic (exact) mass is 476 g/mol. The van der Waals surface area contributed by atoms with E-state index in [0.717, 1.165) is 44.1 Å². The van der Waals surface area contributed by atoms with Crippen molar-refractivity contribution in [3.63, 3.8) is 0 Å². The molecule has 33 heavy (non-hydrogen) atoms. The van der Waals surface area contributed by atoms with Gasteiger partial charge in [-0.2, -0.15) is 13.2 Å². The number of hydrogen-bond donors (Lipinski definition) is 1. The van der Waals surface area contributed by atoms with Crippen molar-refractivity contribution in [3.8, 4) is 16.2 Å². The molecule has 7 heteroatoms. The van der Waals surface area contributed by atoms with E-state index in [1.54, 1.807) is 0 Å². The average molecular weight is 477 g/mol. The van der Waals surface area contributed by atoms with Gasteiger partial charge in [-0.25, -0.2) is 0 Å². The zero-order valence-corrected chi connectivity index (χ0v) is 19.8. The Morgan fingerprint density at radius 3 is 2.24 bits per heavy atom. The highest BCUT2D eigenvalue weighted by molar-refractivity contribution is 7.15. The van der Waals surface area contributed by atoms with Crippen LogP contribution in [-0.2, 0) is 17.4 Å². The van der Waals surface area contributed by atoms with E-state index in [9.17, 15) is 18.0 Å². The molecule has 0 aliphatic carbocycles. The van der Waals surface area contributed by atoms with Gasteiger partial charge in [-0.1, -0.05) is 32.0 Å². The number of aryl methyl sites for hydroxylation is 3. The van der Waals surface area contributed by atoms with Gasteiger partial charge >= 0.3 is 12.1 Å². The van der Waals surface area contributed by atoms with Gasteiger partial charge in [-0.3, -0.25) is 4.79 Å². The zero-order chi connectivity index (χ0) is 24.3. The number of rotatable bonds is 8. The van der Waals surface area contributed by atoms with Crippen LogP contribution in [0.4, 0.5) is 13.2 Å². The second kappa shape index (κ2) is 10.00. The lowest BCUT2D eigenvalue weighted by atomic mass is 10.0. The highest BCUT2D eigenvalue weighted by Crippen LogP contribution is 2.40. The summed E-state index contributed by atoms with van der Waals surface area (Å²) in [5.74, 6) is 0.0376. The van der Waals surface area contributed by atoms with Gasteiger partial charge in [0.25, 0.3) is 0 Å². The average Bonchev–Trinajstić information content (AvgIpc) is 3.11. The minimum atomic E-state index is -4.35. The van der Waals surface area contributed by atoms with Crippen molar-refractivity contribution in [1.29, 1.82) is 0 Å². The Balaban J connectivity index is 1.84. The van der Waals surface area contributed by atoms with Crippen LogP contribution in [0.1, 0.15) is 53.5 Å². The summed E-state index contributed by atoms with van der Waals surface area (Å²) in [6.45, 7) is 8.05. The fraction of sp³-hybridized carbons (Fsp3) is 0.346. The quantitative estimate of drug-likeness (QED) is 0.360. The van der Waals surface area contributed by atoms with Gasteiger partial charge in [0, 0.05) is 16.2 Å². The number of thiophene rings is 1. The second-order valence-electron chi connectivity index (χ2n) is 8.50. The third kappa shape index (κ3) is 6.16. The molecule has 0 aliphatic heterocycles. The first-order valence-electron chi connectivity index (χ1n) is 10.7. The van der Waals surface area contributed by atoms with E-state index >= 15 is 0 Å². The predicted molar refractivity (Wildman–Crippen MR) is 125 cm³/mol. The molecule has 0 radical (unpaired) electrons. The minimum Gasteiger partial charge on any atom is -0.485 e. The molecule has 1 heterocycles. The summed E-state index contributed by atoms with van der Waals surface area (Å²) in [5.41, 5.74) is 3.06. The second-order valence-corrected chi connectivity index (χ2v) is 9.58. The Bertz CT molecular complexity index is 1110. The van der Waals surface area contributed by atoms with Crippen LogP contribution < -0.4 is 4.74 Å². The topological polar surface area (TPSA) is 46.5 Å². The van der Waals surface area contributed by atoms with Crippen molar-refractivity contribution >= 4 is 17.3 Å². The fourth-order valence-electron chi connectivity index (χ4n) is 3.65. The third-order valence-corrected chi connectivity index (χ3v) is 6.85. The predicted octanol–water partition coefficient (Wildman–Crippen LogP) is 7.84. The zero-order valence-electron chi connectivity index (χ0n) is 19.0. The van der Waals surface area contributed by atoms with Crippen LogP contribution in [0.15, 0.2) is 48.5 Å². The maximum atomic E-state index is 12.9. The first-order valence-corrected chi connectivity index (χ1v) is 11.5. The maximum Gasteiger partial charge on any atom is 0.416 e. The van der Waals surface area contributed by atoms with E-state index in [1.165, 1.54) is 23.5 Å². The number of hydrogen-bond acceptors (Lipinski definition) is 3. The lowest BCUT2D eigenvalue weighted by Crippen LogP contribution is -2.14. The molecular weight excluding hydrogens is 449 g/mol. The third-order valence-electron chi connectivity index (χ3n) is 5.50. The summed E-state index contributed by atoms with van der Waals surface area (Å²) in [5, 5.41) is 8.91. The molecule has 1 atom stereocenters. The number of alkyl halides is 3. The van der Waals surface area contributed by atoms with Crippen molar-refractivity contribution in [1.82, 2.24) is 0 Å². The summed E-state index contributed by atoms with van der Waals surface area (Å²) < 4.78 is 45.0. The highest BCUT2D eigenvalue weighted by atomic mass is 32.1. The van der Waals surface area contributed by atoms with Crippen molar-refractivity contribution in [2.24, 2.45) is 5.92 Å². The van der Waals surface area contributed by atoms with Crippen molar-refractivity contribution in [3.05, 3.63) is 75.7 Å². The molecule has 3 nitrogen and oxygen atoms in total. The molecule has 1 aromatic heterocycles. The summed E-state index contributed by atoms with van der Waals surface area (Å²) in [4.78, 5) is 12.8. The maximum absolute atomic E-state index is 12.9. The van der Waals surface area contributed by atoms with Crippen LogP contribution in [0.5, 0.6) is 5.75 Å². The molecule has 1 unspecified atom stereocenters. The molecule has 0 spiro atoms. The Morgan fingerprint density at radius 1 is 1.03 bits per heavy atom. The van der Waals surface area contributed by atoms with Crippen LogP contribution in [0.25, 0.3) is 10.4 Å². The van der Waals surface area contributed by atoms with Crippen molar-refractivity contribution < 1.29 is 27.8 Å². The lowest BCUT2D eigenvalue weighted by molar-refractivity contribution is -0.138. The Morgan fingerprint density at radius 2 is 1.70 bits per heavy atom. The molecule has 1 N–H and O–H groups in total. The number of carbonyl (C=O) groups is 1. The van der Waals surface area contributed by atoms with Gasteiger partial charge in [-0.15, -0.1) is 11.3 Å². The minimum absolute atomic E-state index is 0.0801. The van der Waals surface area contributed by atoms with E-state index in [0.29, 0.717) is 12.2 Å². The van der Waals surface area contributed by atoms with Crippen molar-refractivity contribution in [2.75, 3.05) is 0 Å². The van der Waals surface area contributed by atoms with Crippen LogP contribution in [0.3, 0.4) is 0 Å². The molecule has 176 valence electrons. The van der Waals surface area contributed by atoms with Gasteiger partial charge in [-0.05, 0) is 78.8 Å². The first kappa shape index (κ1) is 24.8. The standard InChI is InChI=1S/C26H27F3O3S/c1-15(2)24(32-21-11-7-18(16(3)13-21)8-12-23(30)31)25-17(4)14-22(33-25)19-5-9-20(10-6-19)26(27,28)29/h5-7,9-11,13-15,24H,8,12H2,1-4H3,(H,30,31). The summed E-state index contributed by atoms with van der Waals surface area (Å²) >= 11 is 1.53. The molecular formula is C26H27F3O3S. The number of carboxylic acid groups (broad SMARTS) is 1. The van der Waals surface area contributed by atoms with Gasteiger partial charge in [0.15, 0.2) is 0 Å². The van der Waals surface area contributed by atoms with E-state index in [-0.39, 0.29) is 18.4 Å². The Labute approximate surface area is 195 Å². The molecule has 0 saturated carbocycles. The molecule has 3 rings (SSSR count). The van der Waals surface area contributed by atoms with Crippen molar-refractivity contribution in [2.45, 2.75) is 52.8 Å². The SMILES string of the molecule is Cc1cc(OC(c2sc(-c3ccc(C(F)(F)F)cc3)cc2C)C(C)C)ccc1CCC(=O)O. The first-order chi connectivity index (χ1) is 15.5. The molecule has 0 saturated heterocycles. The van der Waals surface area contributed by atoms with E-state index < -0.39 is 17.7 Å². The number of aliphatic carboxylic acids is 1. The van der Waals surface area contributed by atoms with E-state index in [4.69, 9.17) is 9.84 Å². The molecule has 2 aromatic carbocycles. The van der Waals surface area contributed by atoms with Crippen LogP contribution in [0.2, 0.25) is 0 Å². The van der Waals surface area contributed by atoms with Gasteiger partial charge in [0.05, 0.1) is 5.56 Å². The smallest absolute Gasteiger partial charge is 0.416 e. The van der Waals surface area contributed by atoms with Gasteiger partial charge in [0.2, 0.25) is 0 Å². The Kier molecular flexibility index (Phi) is 7.52. The number of ether oxygens (including phenoxy) is 1.